The van der Waals surface area contributed by atoms with E-state index in [0.29, 0.717) is 17.9 Å². The molecule has 0 radical (unpaired) electrons. The molecule has 0 saturated carbocycles. The first kappa shape index (κ1) is 20.6. The van der Waals surface area contributed by atoms with Crippen LogP contribution in [0.15, 0.2) is 40.9 Å². The van der Waals surface area contributed by atoms with Gasteiger partial charge in [0.25, 0.3) is 0 Å². The van der Waals surface area contributed by atoms with Gasteiger partial charge in [-0.2, -0.15) is 0 Å². The number of phenolic OH excluding ortho intramolecular Hbond substituents is 2. The summed E-state index contributed by atoms with van der Waals surface area (Å²) < 4.78 is 11.3. The molecule has 4 rings (SSSR count). The lowest BCUT2D eigenvalue weighted by Gasteiger charge is -2.26. The van der Waals surface area contributed by atoms with Gasteiger partial charge in [0.2, 0.25) is 0 Å². The van der Waals surface area contributed by atoms with Crippen molar-refractivity contribution in [3.8, 4) is 28.6 Å². The molecule has 7 heteroatoms. The third-order valence-corrected chi connectivity index (χ3v) is 5.62. The first-order valence-corrected chi connectivity index (χ1v) is 10.6. The van der Waals surface area contributed by atoms with Gasteiger partial charge in [-0.15, -0.1) is 0 Å². The second kappa shape index (κ2) is 8.98. The molecule has 0 saturated heterocycles. The molecular weight excluding hydrogens is 404 g/mol. The van der Waals surface area contributed by atoms with E-state index in [1.807, 2.05) is 12.1 Å². The van der Waals surface area contributed by atoms with Crippen molar-refractivity contribution in [3.63, 3.8) is 0 Å². The van der Waals surface area contributed by atoms with E-state index >= 15 is 0 Å². The first-order valence-electron chi connectivity index (χ1n) is 10.2. The number of benzene rings is 2. The molecule has 1 aromatic heterocycles. The van der Waals surface area contributed by atoms with E-state index in [9.17, 15) is 10.2 Å². The van der Waals surface area contributed by atoms with Crippen molar-refractivity contribution < 1.29 is 19.5 Å². The van der Waals surface area contributed by atoms with Gasteiger partial charge in [0.15, 0.2) is 5.76 Å². The summed E-state index contributed by atoms with van der Waals surface area (Å²) in [7, 11) is 0. The number of ether oxygens (including phenoxy) is 1. The van der Waals surface area contributed by atoms with Crippen LogP contribution in [-0.4, -0.2) is 33.4 Å². The predicted molar refractivity (Wildman–Crippen MR) is 115 cm³/mol. The molecule has 0 unspecified atom stereocenters. The summed E-state index contributed by atoms with van der Waals surface area (Å²) in [6.07, 6.45) is 2.94. The SMILES string of the molecule is CCCCOc1ccc(CN2CCc3noc(-c4cc(Cl)c(O)cc4O)c3C2)cc1. The Labute approximate surface area is 180 Å². The van der Waals surface area contributed by atoms with E-state index in [1.54, 1.807) is 0 Å². The Bertz CT molecular complexity index is 1020. The zero-order chi connectivity index (χ0) is 21.1. The number of unbranched alkanes of at least 4 members (excludes halogenated alkanes) is 1. The van der Waals surface area contributed by atoms with Crippen LogP contribution in [0.4, 0.5) is 0 Å². The quantitative estimate of drug-likeness (QED) is 0.507. The van der Waals surface area contributed by atoms with Gasteiger partial charge in [-0.3, -0.25) is 4.90 Å². The van der Waals surface area contributed by atoms with Crippen LogP contribution in [0.5, 0.6) is 17.2 Å². The van der Waals surface area contributed by atoms with Gasteiger partial charge >= 0.3 is 0 Å². The topological polar surface area (TPSA) is 79.0 Å². The van der Waals surface area contributed by atoms with E-state index in [1.165, 1.54) is 17.7 Å². The Morgan fingerprint density at radius 1 is 1.17 bits per heavy atom. The Morgan fingerprint density at radius 3 is 2.73 bits per heavy atom. The van der Waals surface area contributed by atoms with Crippen LogP contribution in [0.3, 0.4) is 0 Å². The van der Waals surface area contributed by atoms with Gasteiger partial charge in [-0.25, -0.2) is 0 Å². The lowest BCUT2D eigenvalue weighted by Crippen LogP contribution is -2.30. The zero-order valence-corrected chi connectivity index (χ0v) is 17.7. The molecule has 2 heterocycles. The van der Waals surface area contributed by atoms with E-state index in [0.717, 1.165) is 56.0 Å². The van der Waals surface area contributed by atoms with E-state index in [4.69, 9.17) is 20.9 Å². The van der Waals surface area contributed by atoms with Gasteiger partial charge < -0.3 is 19.5 Å². The molecule has 0 spiro atoms. The van der Waals surface area contributed by atoms with Gasteiger partial charge in [0, 0.05) is 37.7 Å². The molecule has 0 bridgehead atoms. The number of hydrogen-bond acceptors (Lipinski definition) is 6. The summed E-state index contributed by atoms with van der Waals surface area (Å²) in [5.41, 5.74) is 3.47. The fraction of sp³-hybridized carbons (Fsp3) is 0.348. The van der Waals surface area contributed by atoms with E-state index < -0.39 is 0 Å². The molecule has 30 heavy (non-hydrogen) atoms. The third-order valence-electron chi connectivity index (χ3n) is 5.32. The lowest BCUT2D eigenvalue weighted by atomic mass is 10.0. The highest BCUT2D eigenvalue weighted by Gasteiger charge is 2.26. The summed E-state index contributed by atoms with van der Waals surface area (Å²) in [5.74, 6) is 1.13. The smallest absolute Gasteiger partial charge is 0.175 e. The van der Waals surface area contributed by atoms with E-state index in [2.05, 4.69) is 29.1 Å². The molecular formula is C23H25ClN2O4. The van der Waals surface area contributed by atoms with Gasteiger partial charge in [0.05, 0.1) is 22.9 Å². The second-order valence-electron chi connectivity index (χ2n) is 7.56. The molecule has 1 aliphatic heterocycles. The van der Waals surface area contributed by atoms with Gasteiger partial charge in [-0.1, -0.05) is 42.2 Å². The number of rotatable bonds is 7. The summed E-state index contributed by atoms with van der Waals surface area (Å²) >= 11 is 6.03. The Morgan fingerprint density at radius 2 is 1.97 bits per heavy atom. The highest BCUT2D eigenvalue weighted by atomic mass is 35.5. The third kappa shape index (κ3) is 4.40. The monoisotopic (exact) mass is 428 g/mol. The van der Waals surface area contributed by atoms with Crippen LogP contribution in [0.1, 0.15) is 36.6 Å². The fourth-order valence-electron chi connectivity index (χ4n) is 3.63. The van der Waals surface area contributed by atoms with Crippen molar-refractivity contribution in [3.05, 3.63) is 58.2 Å². The van der Waals surface area contributed by atoms with Crippen LogP contribution >= 0.6 is 11.6 Å². The minimum atomic E-state index is -0.171. The average Bonchev–Trinajstić information content (AvgIpc) is 3.15. The first-order chi connectivity index (χ1) is 14.5. The van der Waals surface area contributed by atoms with Crippen molar-refractivity contribution in [1.82, 2.24) is 10.1 Å². The molecule has 6 nitrogen and oxygen atoms in total. The van der Waals surface area contributed by atoms with E-state index in [-0.39, 0.29) is 16.5 Å². The Kier molecular flexibility index (Phi) is 6.16. The van der Waals surface area contributed by atoms with Crippen LogP contribution in [0.25, 0.3) is 11.3 Å². The van der Waals surface area contributed by atoms with Crippen molar-refractivity contribution in [2.45, 2.75) is 39.3 Å². The molecule has 0 fully saturated rings. The van der Waals surface area contributed by atoms with Crippen molar-refractivity contribution in [1.29, 1.82) is 0 Å². The van der Waals surface area contributed by atoms with Crippen LogP contribution in [0, 0.1) is 0 Å². The number of aromatic hydroxyl groups is 2. The fourth-order valence-corrected chi connectivity index (χ4v) is 3.79. The average molecular weight is 429 g/mol. The van der Waals surface area contributed by atoms with Crippen LogP contribution in [-0.2, 0) is 19.5 Å². The van der Waals surface area contributed by atoms with Crippen molar-refractivity contribution in [2.24, 2.45) is 0 Å². The molecule has 0 atom stereocenters. The molecule has 158 valence electrons. The molecule has 3 aromatic rings. The minimum absolute atomic E-state index is 0.0911. The maximum Gasteiger partial charge on any atom is 0.175 e. The van der Waals surface area contributed by atoms with Gasteiger partial charge in [-0.05, 0) is 30.2 Å². The number of phenols is 2. The molecule has 2 N–H and O–H groups in total. The number of nitrogens with zero attached hydrogens (tertiary/aromatic N) is 2. The van der Waals surface area contributed by atoms with Gasteiger partial charge in [0.1, 0.15) is 17.2 Å². The van der Waals surface area contributed by atoms with Crippen LogP contribution < -0.4 is 4.74 Å². The summed E-state index contributed by atoms with van der Waals surface area (Å²) in [4.78, 5) is 2.31. The number of aromatic nitrogens is 1. The second-order valence-corrected chi connectivity index (χ2v) is 7.97. The lowest BCUT2D eigenvalue weighted by molar-refractivity contribution is 0.244. The normalized spacial score (nSPS) is 13.9. The number of hydrogen-bond donors (Lipinski definition) is 2. The number of halogens is 1. The molecule has 1 aliphatic rings. The largest absolute Gasteiger partial charge is 0.507 e. The highest BCUT2D eigenvalue weighted by molar-refractivity contribution is 6.32. The van der Waals surface area contributed by atoms with Crippen LogP contribution in [0.2, 0.25) is 5.02 Å². The maximum atomic E-state index is 10.3. The standard InChI is InChI=1S/C23H25ClN2O4/c1-2-3-10-29-16-6-4-15(5-7-16)13-26-9-8-20-18(14-26)23(30-25-20)17-11-19(24)22(28)12-21(17)27/h4-7,11-12,27-28H,2-3,8-10,13-14H2,1H3. The highest BCUT2D eigenvalue weighted by Crippen LogP contribution is 2.40. The summed E-state index contributed by atoms with van der Waals surface area (Å²) in [5, 5.41) is 24.3. The predicted octanol–water partition coefficient (Wildman–Crippen LogP) is 5.14. The molecule has 0 amide bonds. The Hall–Kier alpha value is -2.70. The number of fused-ring (bicyclic) bond motifs is 1. The molecule has 2 aromatic carbocycles. The minimum Gasteiger partial charge on any atom is -0.507 e. The molecule has 0 aliphatic carbocycles. The zero-order valence-electron chi connectivity index (χ0n) is 16.9. The van der Waals surface area contributed by atoms with Crippen molar-refractivity contribution in [2.75, 3.05) is 13.2 Å². The van der Waals surface area contributed by atoms with Crippen molar-refractivity contribution >= 4 is 11.6 Å². The Balaban J connectivity index is 1.48. The maximum absolute atomic E-state index is 10.3. The summed E-state index contributed by atoms with van der Waals surface area (Å²) in [6.45, 7) is 5.21. The summed E-state index contributed by atoms with van der Waals surface area (Å²) in [6, 6.07) is 10.9.